The number of benzene rings is 3. The molecule has 0 atom stereocenters. The van der Waals surface area contributed by atoms with Gasteiger partial charge in [0, 0.05) is 23.6 Å². The van der Waals surface area contributed by atoms with Crippen molar-refractivity contribution >= 4 is 35.4 Å². The third-order valence-corrected chi connectivity index (χ3v) is 4.43. The second-order valence-electron chi connectivity index (χ2n) is 5.95. The minimum Gasteiger partial charge on any atom is -0.504 e. The van der Waals surface area contributed by atoms with Gasteiger partial charge in [-0.15, -0.1) is 0 Å². The molecule has 0 fully saturated rings. The number of hydrogen-bond donors (Lipinski definition) is 2. The summed E-state index contributed by atoms with van der Waals surface area (Å²) in [6.45, 7) is 0. The van der Waals surface area contributed by atoms with Gasteiger partial charge >= 0.3 is 0 Å². The van der Waals surface area contributed by atoms with Gasteiger partial charge in [-0.3, -0.25) is 9.98 Å². The van der Waals surface area contributed by atoms with E-state index in [2.05, 4.69) is 9.98 Å². The number of para-hydroxylation sites is 2. The molecule has 0 aromatic heterocycles. The second-order valence-corrected chi connectivity index (χ2v) is 6.36. The Morgan fingerprint density at radius 2 is 1.34 bits per heavy atom. The fourth-order valence-corrected chi connectivity index (χ4v) is 2.80. The van der Waals surface area contributed by atoms with Gasteiger partial charge in [-0.2, -0.15) is 0 Å². The summed E-state index contributed by atoms with van der Waals surface area (Å²) < 4.78 is 10.2. The molecule has 0 radical (unpaired) electrons. The summed E-state index contributed by atoms with van der Waals surface area (Å²) in [4.78, 5) is 8.66. The first-order chi connectivity index (χ1) is 14.0. The Labute approximate surface area is 173 Å². The molecule has 0 aliphatic heterocycles. The molecule has 0 heterocycles. The van der Waals surface area contributed by atoms with Crippen molar-refractivity contribution in [2.75, 3.05) is 14.2 Å². The number of methoxy groups -OCH3 is 2. The van der Waals surface area contributed by atoms with E-state index in [1.807, 2.05) is 0 Å². The summed E-state index contributed by atoms with van der Waals surface area (Å²) in [7, 11) is 2.97. The van der Waals surface area contributed by atoms with Gasteiger partial charge < -0.3 is 19.7 Å². The molecule has 0 amide bonds. The fraction of sp³-hybridized carbons (Fsp3) is 0.0909. The molecule has 0 saturated heterocycles. The third-order valence-electron chi connectivity index (χ3n) is 4.13. The number of nitrogens with zero attached hydrogens (tertiary/aromatic N) is 2. The first-order valence-corrected chi connectivity index (χ1v) is 9.01. The van der Waals surface area contributed by atoms with Crippen molar-refractivity contribution in [1.29, 1.82) is 0 Å². The maximum atomic E-state index is 10.1. The van der Waals surface area contributed by atoms with Crippen molar-refractivity contribution in [2.45, 2.75) is 0 Å². The van der Waals surface area contributed by atoms with Crippen LogP contribution in [0.3, 0.4) is 0 Å². The molecule has 3 rings (SSSR count). The van der Waals surface area contributed by atoms with Crippen LogP contribution in [0.4, 0.5) is 11.4 Å². The SMILES string of the molecule is COc1cccc(C=Nc2ccc(N=Cc3cccc(OC)c3O)c(Cl)c2)c1O. The minimum absolute atomic E-state index is 0.00851. The van der Waals surface area contributed by atoms with Crippen molar-refractivity contribution < 1.29 is 19.7 Å². The molecule has 0 aliphatic rings. The summed E-state index contributed by atoms with van der Waals surface area (Å²) in [5.41, 5.74) is 2.16. The van der Waals surface area contributed by atoms with Crippen LogP contribution in [0, 0.1) is 0 Å². The van der Waals surface area contributed by atoms with Gasteiger partial charge in [-0.1, -0.05) is 23.7 Å². The zero-order chi connectivity index (χ0) is 20.8. The van der Waals surface area contributed by atoms with E-state index in [1.165, 1.54) is 26.6 Å². The minimum atomic E-state index is 0.00851. The molecule has 0 bridgehead atoms. The zero-order valence-electron chi connectivity index (χ0n) is 15.8. The van der Waals surface area contributed by atoms with Crippen LogP contribution in [0.1, 0.15) is 11.1 Å². The lowest BCUT2D eigenvalue weighted by Crippen LogP contribution is -1.88. The number of aromatic hydroxyl groups is 2. The number of hydrogen-bond acceptors (Lipinski definition) is 6. The van der Waals surface area contributed by atoms with Crippen LogP contribution < -0.4 is 9.47 Å². The Kier molecular flexibility index (Phi) is 6.36. The fourth-order valence-electron chi connectivity index (χ4n) is 2.58. The highest BCUT2D eigenvalue weighted by Gasteiger charge is 2.07. The van der Waals surface area contributed by atoms with Gasteiger partial charge in [0.25, 0.3) is 0 Å². The van der Waals surface area contributed by atoms with Gasteiger partial charge in [0.1, 0.15) is 0 Å². The van der Waals surface area contributed by atoms with Gasteiger partial charge in [0.15, 0.2) is 23.0 Å². The Bertz CT molecular complexity index is 1080. The number of phenols is 2. The summed E-state index contributed by atoms with van der Waals surface area (Å²) in [6, 6.07) is 15.4. The Morgan fingerprint density at radius 3 is 1.86 bits per heavy atom. The highest BCUT2D eigenvalue weighted by atomic mass is 35.5. The molecule has 29 heavy (non-hydrogen) atoms. The van der Waals surface area contributed by atoms with E-state index < -0.39 is 0 Å². The maximum absolute atomic E-state index is 10.1. The molecular formula is C22H19ClN2O4. The largest absolute Gasteiger partial charge is 0.504 e. The Hall–Kier alpha value is -3.51. The number of halogens is 1. The van der Waals surface area contributed by atoms with Gasteiger partial charge in [0.2, 0.25) is 0 Å². The highest BCUT2D eigenvalue weighted by Crippen LogP contribution is 2.32. The predicted molar refractivity (Wildman–Crippen MR) is 115 cm³/mol. The van der Waals surface area contributed by atoms with Crippen LogP contribution in [0.15, 0.2) is 64.6 Å². The second kappa shape index (κ2) is 9.12. The molecular weight excluding hydrogens is 392 g/mol. The van der Waals surface area contributed by atoms with E-state index in [1.54, 1.807) is 54.6 Å². The molecule has 0 spiro atoms. The molecule has 148 valence electrons. The number of phenolic OH excluding ortho intramolecular Hbond substituents is 2. The normalized spacial score (nSPS) is 11.3. The summed E-state index contributed by atoms with van der Waals surface area (Å²) in [5.74, 6) is 0.765. The molecule has 3 aromatic rings. The number of rotatable bonds is 6. The number of ether oxygens (including phenoxy) is 2. The highest BCUT2D eigenvalue weighted by molar-refractivity contribution is 6.33. The van der Waals surface area contributed by atoms with Crippen molar-refractivity contribution in [3.63, 3.8) is 0 Å². The van der Waals surface area contributed by atoms with Crippen molar-refractivity contribution in [2.24, 2.45) is 9.98 Å². The smallest absolute Gasteiger partial charge is 0.166 e. The van der Waals surface area contributed by atoms with Crippen molar-refractivity contribution in [3.05, 3.63) is 70.7 Å². The first kappa shape index (κ1) is 20.2. The van der Waals surface area contributed by atoms with E-state index in [9.17, 15) is 10.2 Å². The van der Waals surface area contributed by atoms with Crippen molar-refractivity contribution in [3.8, 4) is 23.0 Å². The van der Waals surface area contributed by atoms with E-state index in [0.717, 1.165) is 0 Å². The first-order valence-electron chi connectivity index (χ1n) is 8.63. The quantitative estimate of drug-likeness (QED) is 0.542. The standard InChI is InChI=1S/C22H19ClN2O4/c1-28-19-7-3-5-14(21(19)26)12-24-16-9-10-18(17(23)11-16)25-13-15-6-4-8-20(29-2)22(15)27/h3-13,26-27H,1-2H3. The summed E-state index contributed by atoms with van der Waals surface area (Å²) >= 11 is 6.31. The van der Waals surface area contributed by atoms with Gasteiger partial charge in [-0.25, -0.2) is 0 Å². The average molecular weight is 411 g/mol. The average Bonchev–Trinajstić information content (AvgIpc) is 2.73. The Balaban J connectivity index is 1.81. The Morgan fingerprint density at radius 1 is 0.793 bits per heavy atom. The number of aliphatic imine (C=N–C) groups is 2. The molecule has 7 heteroatoms. The van der Waals surface area contributed by atoms with Crippen LogP contribution in [0.25, 0.3) is 0 Å². The lowest BCUT2D eigenvalue weighted by molar-refractivity contribution is 0.373. The summed E-state index contributed by atoms with van der Waals surface area (Å²) in [6.07, 6.45) is 3.04. The van der Waals surface area contributed by atoms with Crippen LogP contribution in [0.5, 0.6) is 23.0 Å². The molecule has 0 saturated carbocycles. The topological polar surface area (TPSA) is 83.6 Å². The monoisotopic (exact) mass is 410 g/mol. The van der Waals surface area contributed by atoms with Crippen LogP contribution in [-0.4, -0.2) is 36.9 Å². The van der Waals surface area contributed by atoms with E-state index in [4.69, 9.17) is 21.1 Å². The van der Waals surface area contributed by atoms with Crippen molar-refractivity contribution in [1.82, 2.24) is 0 Å². The molecule has 2 N–H and O–H groups in total. The van der Waals surface area contributed by atoms with Crippen LogP contribution in [-0.2, 0) is 0 Å². The van der Waals surface area contributed by atoms with E-state index in [-0.39, 0.29) is 11.5 Å². The molecule has 0 aliphatic carbocycles. The van der Waals surface area contributed by atoms with E-state index in [0.29, 0.717) is 39.0 Å². The molecule has 0 unspecified atom stereocenters. The zero-order valence-corrected chi connectivity index (χ0v) is 16.6. The predicted octanol–water partition coefficient (Wildman–Crippen LogP) is 5.27. The third kappa shape index (κ3) is 4.67. The molecule has 3 aromatic carbocycles. The maximum Gasteiger partial charge on any atom is 0.166 e. The van der Waals surface area contributed by atoms with E-state index >= 15 is 0 Å². The van der Waals surface area contributed by atoms with Gasteiger partial charge in [-0.05, 0) is 42.5 Å². The van der Waals surface area contributed by atoms with Crippen LogP contribution in [0.2, 0.25) is 5.02 Å². The summed E-state index contributed by atoms with van der Waals surface area (Å²) in [5, 5.41) is 20.6. The molecule has 6 nitrogen and oxygen atoms in total. The van der Waals surface area contributed by atoms with Crippen LogP contribution >= 0.6 is 11.6 Å². The lowest BCUT2D eigenvalue weighted by atomic mass is 10.2. The van der Waals surface area contributed by atoms with Gasteiger partial charge in [0.05, 0.1) is 30.6 Å². The lowest BCUT2D eigenvalue weighted by Gasteiger charge is -2.06.